The molecule has 2 amide bonds. The molecule has 5 heteroatoms. The van der Waals surface area contributed by atoms with Crippen molar-refractivity contribution in [2.45, 2.75) is 45.1 Å². The summed E-state index contributed by atoms with van der Waals surface area (Å²) >= 11 is 0. The number of ether oxygens (including phenoxy) is 1. The van der Waals surface area contributed by atoms with Crippen LogP contribution in [0.4, 0.5) is 5.69 Å². The van der Waals surface area contributed by atoms with Gasteiger partial charge < -0.3 is 15.4 Å². The van der Waals surface area contributed by atoms with E-state index < -0.39 is 6.04 Å². The lowest BCUT2D eigenvalue weighted by atomic mass is 9.96. The zero-order valence-corrected chi connectivity index (χ0v) is 16.2. The number of methoxy groups -OCH3 is 1. The number of nitrogens with one attached hydrogen (secondary N) is 2. The number of fused-ring (bicyclic) bond motifs is 1. The molecule has 0 fully saturated rings. The lowest BCUT2D eigenvalue weighted by molar-refractivity contribution is -0.126. The number of hydrogen-bond donors (Lipinski definition) is 2. The Hall–Kier alpha value is -2.82. The Morgan fingerprint density at radius 2 is 1.93 bits per heavy atom. The summed E-state index contributed by atoms with van der Waals surface area (Å²) < 4.78 is 5.25. The van der Waals surface area contributed by atoms with Crippen LogP contribution in [-0.2, 0) is 9.59 Å². The Morgan fingerprint density at radius 3 is 2.63 bits per heavy atom. The van der Waals surface area contributed by atoms with Gasteiger partial charge in [0.15, 0.2) is 0 Å². The SMILES string of the molecule is COc1cccc([C@@H](C)CC(=O)N[C@H]2C(=O)Nc3ccc(C(C)C)cc32)c1. The second-order valence-corrected chi connectivity index (χ2v) is 7.37. The summed E-state index contributed by atoms with van der Waals surface area (Å²) in [6, 6.07) is 13.0. The predicted molar refractivity (Wildman–Crippen MR) is 106 cm³/mol. The summed E-state index contributed by atoms with van der Waals surface area (Å²) in [6.07, 6.45) is 0.302. The lowest BCUT2D eigenvalue weighted by Gasteiger charge is -2.16. The second-order valence-electron chi connectivity index (χ2n) is 7.37. The molecule has 0 aromatic heterocycles. The van der Waals surface area contributed by atoms with Crippen molar-refractivity contribution in [1.82, 2.24) is 5.32 Å². The first-order valence-electron chi connectivity index (χ1n) is 9.27. The van der Waals surface area contributed by atoms with E-state index in [1.165, 1.54) is 0 Å². The van der Waals surface area contributed by atoms with Gasteiger partial charge in [-0.05, 0) is 41.2 Å². The van der Waals surface area contributed by atoms with E-state index in [-0.39, 0.29) is 17.7 Å². The molecule has 2 aromatic rings. The van der Waals surface area contributed by atoms with Gasteiger partial charge in [-0.2, -0.15) is 0 Å². The van der Waals surface area contributed by atoms with Gasteiger partial charge in [0.1, 0.15) is 11.8 Å². The number of carbonyl (C=O) groups excluding carboxylic acids is 2. The quantitative estimate of drug-likeness (QED) is 0.808. The van der Waals surface area contributed by atoms with Crippen LogP contribution in [0.3, 0.4) is 0 Å². The molecule has 0 spiro atoms. The molecular weight excluding hydrogens is 340 g/mol. The maximum atomic E-state index is 12.6. The Bertz CT molecular complexity index is 860. The van der Waals surface area contributed by atoms with E-state index in [0.29, 0.717) is 12.3 Å². The van der Waals surface area contributed by atoms with Crippen molar-refractivity contribution in [2.24, 2.45) is 0 Å². The zero-order chi connectivity index (χ0) is 19.6. The third-order valence-corrected chi connectivity index (χ3v) is 5.03. The average Bonchev–Trinajstić information content (AvgIpc) is 2.96. The fraction of sp³-hybridized carbons (Fsp3) is 0.364. The third kappa shape index (κ3) is 4.13. The molecule has 2 N–H and O–H groups in total. The maximum absolute atomic E-state index is 12.6. The molecule has 0 radical (unpaired) electrons. The van der Waals surface area contributed by atoms with Gasteiger partial charge >= 0.3 is 0 Å². The molecule has 3 rings (SSSR count). The summed E-state index contributed by atoms with van der Waals surface area (Å²) in [5.74, 6) is 0.813. The smallest absolute Gasteiger partial charge is 0.251 e. The highest BCUT2D eigenvalue weighted by Gasteiger charge is 2.32. The van der Waals surface area contributed by atoms with Crippen molar-refractivity contribution in [1.29, 1.82) is 0 Å². The molecule has 0 aliphatic carbocycles. The van der Waals surface area contributed by atoms with Gasteiger partial charge in [0.25, 0.3) is 5.91 Å². The predicted octanol–water partition coefficient (Wildman–Crippen LogP) is 4.12. The highest BCUT2D eigenvalue weighted by molar-refractivity contribution is 6.04. The molecule has 1 aliphatic rings. The Morgan fingerprint density at radius 1 is 1.15 bits per heavy atom. The van der Waals surface area contributed by atoms with Gasteiger partial charge in [0, 0.05) is 17.7 Å². The van der Waals surface area contributed by atoms with Crippen LogP contribution in [0.2, 0.25) is 0 Å². The highest BCUT2D eigenvalue weighted by Crippen LogP contribution is 2.33. The minimum absolute atomic E-state index is 0.0195. The molecular formula is C22H26N2O3. The van der Waals surface area contributed by atoms with Gasteiger partial charge in [-0.1, -0.05) is 45.0 Å². The topological polar surface area (TPSA) is 67.4 Å². The van der Waals surface area contributed by atoms with E-state index in [2.05, 4.69) is 24.5 Å². The molecule has 27 heavy (non-hydrogen) atoms. The largest absolute Gasteiger partial charge is 0.497 e. The Balaban J connectivity index is 1.71. The Kier molecular flexibility index (Phi) is 5.49. The van der Waals surface area contributed by atoms with Crippen LogP contribution in [0.5, 0.6) is 5.75 Å². The van der Waals surface area contributed by atoms with E-state index in [1.807, 2.05) is 49.4 Å². The fourth-order valence-electron chi connectivity index (χ4n) is 3.35. The molecule has 1 aliphatic heterocycles. The van der Waals surface area contributed by atoms with E-state index in [9.17, 15) is 9.59 Å². The first-order valence-corrected chi connectivity index (χ1v) is 9.27. The number of hydrogen-bond acceptors (Lipinski definition) is 3. The Labute approximate surface area is 160 Å². The van der Waals surface area contributed by atoms with Gasteiger partial charge in [0.2, 0.25) is 5.91 Å². The fourth-order valence-corrected chi connectivity index (χ4v) is 3.35. The molecule has 2 aromatic carbocycles. The minimum atomic E-state index is -0.635. The molecule has 1 heterocycles. The standard InChI is InChI=1S/C22H26N2O3/c1-13(2)15-8-9-19-18(12-15)21(22(26)23-19)24-20(25)10-14(3)16-6-5-7-17(11-16)27-4/h5-9,11-14,21H,10H2,1-4H3,(H,23,26)(H,24,25)/t14-,21+/m0/s1. The van der Waals surface area contributed by atoms with Gasteiger partial charge in [-0.3, -0.25) is 9.59 Å². The number of amides is 2. The van der Waals surface area contributed by atoms with Gasteiger partial charge in [0.05, 0.1) is 7.11 Å². The van der Waals surface area contributed by atoms with Crippen LogP contribution in [0.1, 0.15) is 61.8 Å². The summed E-state index contributed by atoms with van der Waals surface area (Å²) in [6.45, 7) is 6.21. The van der Waals surface area contributed by atoms with E-state index >= 15 is 0 Å². The summed E-state index contributed by atoms with van der Waals surface area (Å²) in [5.41, 5.74) is 3.79. The van der Waals surface area contributed by atoms with E-state index in [0.717, 1.165) is 28.1 Å². The first-order chi connectivity index (χ1) is 12.9. The molecule has 142 valence electrons. The van der Waals surface area contributed by atoms with Crippen LogP contribution < -0.4 is 15.4 Å². The van der Waals surface area contributed by atoms with E-state index in [4.69, 9.17) is 4.74 Å². The summed E-state index contributed by atoms with van der Waals surface area (Å²) in [5, 5.41) is 5.75. The van der Waals surface area contributed by atoms with Crippen molar-refractivity contribution in [3.63, 3.8) is 0 Å². The van der Waals surface area contributed by atoms with Crippen molar-refractivity contribution in [3.8, 4) is 5.75 Å². The third-order valence-electron chi connectivity index (χ3n) is 5.03. The van der Waals surface area contributed by atoms with Crippen LogP contribution >= 0.6 is 0 Å². The van der Waals surface area contributed by atoms with Crippen molar-refractivity contribution >= 4 is 17.5 Å². The molecule has 0 saturated heterocycles. The molecule has 2 atom stereocenters. The van der Waals surface area contributed by atoms with Crippen molar-refractivity contribution in [3.05, 3.63) is 59.2 Å². The van der Waals surface area contributed by atoms with E-state index in [1.54, 1.807) is 7.11 Å². The summed E-state index contributed by atoms with van der Waals surface area (Å²) in [4.78, 5) is 24.9. The number of carbonyl (C=O) groups is 2. The molecule has 5 nitrogen and oxygen atoms in total. The maximum Gasteiger partial charge on any atom is 0.251 e. The minimum Gasteiger partial charge on any atom is -0.497 e. The lowest BCUT2D eigenvalue weighted by Crippen LogP contribution is -2.33. The molecule has 0 unspecified atom stereocenters. The molecule has 0 bridgehead atoms. The second kappa shape index (κ2) is 7.82. The number of anilines is 1. The van der Waals surface area contributed by atoms with Crippen LogP contribution in [0, 0.1) is 0 Å². The zero-order valence-electron chi connectivity index (χ0n) is 16.2. The van der Waals surface area contributed by atoms with Crippen LogP contribution in [0.15, 0.2) is 42.5 Å². The monoisotopic (exact) mass is 366 g/mol. The van der Waals surface area contributed by atoms with Gasteiger partial charge in [-0.15, -0.1) is 0 Å². The average molecular weight is 366 g/mol. The van der Waals surface area contributed by atoms with Crippen molar-refractivity contribution < 1.29 is 14.3 Å². The normalized spacial score (nSPS) is 16.6. The molecule has 0 saturated carbocycles. The highest BCUT2D eigenvalue weighted by atomic mass is 16.5. The summed E-state index contributed by atoms with van der Waals surface area (Å²) in [7, 11) is 1.62. The van der Waals surface area contributed by atoms with Crippen LogP contribution in [0.25, 0.3) is 0 Å². The first kappa shape index (κ1) is 19.0. The van der Waals surface area contributed by atoms with Crippen LogP contribution in [-0.4, -0.2) is 18.9 Å². The van der Waals surface area contributed by atoms with Crippen molar-refractivity contribution in [2.75, 3.05) is 12.4 Å². The number of benzene rings is 2. The van der Waals surface area contributed by atoms with Gasteiger partial charge in [-0.25, -0.2) is 0 Å². The number of rotatable bonds is 6.